The Bertz CT molecular complexity index is 282. The van der Waals surface area contributed by atoms with E-state index in [9.17, 15) is 13.2 Å². The molecule has 1 aliphatic carbocycles. The van der Waals surface area contributed by atoms with Crippen molar-refractivity contribution in [2.45, 2.75) is 50.7 Å². The first kappa shape index (κ1) is 13.8. The number of hydrogen-bond donors (Lipinski definition) is 0. The number of rotatable bonds is 3. The van der Waals surface area contributed by atoms with Gasteiger partial charge in [0, 0.05) is 12.6 Å². The zero-order chi connectivity index (χ0) is 13.2. The van der Waals surface area contributed by atoms with Crippen LogP contribution in [0, 0.1) is 11.8 Å². The van der Waals surface area contributed by atoms with E-state index in [1.54, 1.807) is 0 Å². The molecule has 0 aromatic rings. The van der Waals surface area contributed by atoms with Gasteiger partial charge in [-0.1, -0.05) is 0 Å². The zero-order valence-corrected chi connectivity index (χ0v) is 10.6. The minimum atomic E-state index is -4.00. The van der Waals surface area contributed by atoms with E-state index in [1.165, 1.54) is 0 Å². The lowest BCUT2D eigenvalue weighted by molar-refractivity contribution is -0.184. The Balaban J connectivity index is 1.87. The van der Waals surface area contributed by atoms with E-state index in [1.807, 2.05) is 0 Å². The predicted molar refractivity (Wildman–Crippen MR) is 65.6 cm³/mol. The van der Waals surface area contributed by atoms with E-state index in [4.69, 9.17) is 0 Å². The molecule has 1 atom stereocenters. The first-order valence-electron chi connectivity index (χ1n) is 6.75. The van der Waals surface area contributed by atoms with Crippen LogP contribution in [0.1, 0.15) is 38.5 Å². The molecule has 18 heavy (non-hydrogen) atoms. The summed E-state index contributed by atoms with van der Waals surface area (Å²) in [7, 11) is 0. The van der Waals surface area contributed by atoms with Crippen molar-refractivity contribution in [2.75, 3.05) is 13.2 Å². The van der Waals surface area contributed by atoms with Crippen molar-refractivity contribution in [2.24, 2.45) is 16.8 Å². The average molecular weight is 262 g/mol. The van der Waals surface area contributed by atoms with Crippen molar-refractivity contribution in [3.8, 4) is 0 Å². The summed E-state index contributed by atoms with van der Waals surface area (Å²) in [6.07, 6.45) is 0.282. The summed E-state index contributed by atoms with van der Waals surface area (Å²) in [5, 5.41) is 0. The van der Waals surface area contributed by atoms with Crippen molar-refractivity contribution < 1.29 is 13.2 Å². The molecule has 2 nitrogen and oxygen atoms in total. The maximum absolute atomic E-state index is 12.6. The Morgan fingerprint density at radius 2 is 1.78 bits per heavy atom. The second-order valence-electron chi connectivity index (χ2n) is 5.54. The molecule has 104 valence electrons. The fourth-order valence-electron chi connectivity index (χ4n) is 3.52. The summed E-state index contributed by atoms with van der Waals surface area (Å²) in [6.45, 7) is 5.15. The van der Waals surface area contributed by atoms with Gasteiger partial charge < -0.3 is 0 Å². The Morgan fingerprint density at radius 1 is 1.11 bits per heavy atom. The van der Waals surface area contributed by atoms with E-state index in [0.717, 1.165) is 19.4 Å². The second-order valence-corrected chi connectivity index (χ2v) is 5.54. The van der Waals surface area contributed by atoms with Crippen LogP contribution in [0.15, 0.2) is 4.99 Å². The van der Waals surface area contributed by atoms with Gasteiger partial charge in [-0.3, -0.25) is 9.89 Å². The highest BCUT2D eigenvalue weighted by atomic mass is 19.4. The van der Waals surface area contributed by atoms with E-state index >= 15 is 0 Å². The molecule has 1 saturated heterocycles. The molecule has 0 aromatic heterocycles. The summed E-state index contributed by atoms with van der Waals surface area (Å²) in [5.74, 6) is -0.644. The number of halogens is 3. The van der Waals surface area contributed by atoms with Gasteiger partial charge in [0.05, 0.1) is 12.6 Å². The van der Waals surface area contributed by atoms with Crippen LogP contribution in [0.3, 0.4) is 0 Å². The minimum Gasteiger partial charge on any atom is -0.285 e. The van der Waals surface area contributed by atoms with Gasteiger partial charge in [-0.2, -0.15) is 13.2 Å². The van der Waals surface area contributed by atoms with Crippen LogP contribution in [0.25, 0.3) is 0 Å². The van der Waals surface area contributed by atoms with Crippen LogP contribution in [-0.2, 0) is 0 Å². The standard InChI is InChI=1S/C13H21F3N2/c1-17-9-18-8-2-3-12(18)10-4-6-11(7-5-10)13(14,15)16/h10-12H,1-9H2. The SMILES string of the molecule is C=NCN1CCCC1C1CCC(C(F)(F)F)CC1. The first-order chi connectivity index (χ1) is 8.52. The minimum absolute atomic E-state index is 0.306. The summed E-state index contributed by atoms with van der Waals surface area (Å²) in [5.41, 5.74) is 0. The second kappa shape index (κ2) is 5.59. The highest BCUT2D eigenvalue weighted by molar-refractivity contribution is 5.23. The highest BCUT2D eigenvalue weighted by Crippen LogP contribution is 2.42. The van der Waals surface area contributed by atoms with Gasteiger partial charge in [-0.15, -0.1) is 0 Å². The van der Waals surface area contributed by atoms with Gasteiger partial charge >= 0.3 is 6.18 Å². The number of likely N-dealkylation sites (tertiary alicyclic amines) is 1. The lowest BCUT2D eigenvalue weighted by Crippen LogP contribution is -2.39. The molecule has 0 aromatic carbocycles. The van der Waals surface area contributed by atoms with Gasteiger partial charge in [0.15, 0.2) is 0 Å². The summed E-state index contributed by atoms with van der Waals surface area (Å²) >= 11 is 0. The monoisotopic (exact) mass is 262 g/mol. The van der Waals surface area contributed by atoms with Gasteiger partial charge in [0.2, 0.25) is 0 Å². The predicted octanol–water partition coefficient (Wildman–Crippen LogP) is 3.48. The van der Waals surface area contributed by atoms with Gasteiger partial charge in [-0.25, -0.2) is 0 Å². The number of hydrogen-bond acceptors (Lipinski definition) is 2. The smallest absolute Gasteiger partial charge is 0.285 e. The molecule has 1 heterocycles. The molecule has 0 N–H and O–H groups in total. The highest BCUT2D eigenvalue weighted by Gasteiger charge is 2.43. The van der Waals surface area contributed by atoms with Crippen LogP contribution in [-0.4, -0.2) is 37.0 Å². The molecule has 0 bridgehead atoms. The third kappa shape index (κ3) is 3.05. The Kier molecular flexibility index (Phi) is 4.30. The molecule has 0 amide bonds. The number of aliphatic imine (C=N–C) groups is 1. The molecule has 5 heteroatoms. The van der Waals surface area contributed by atoms with E-state index in [-0.39, 0.29) is 0 Å². The quantitative estimate of drug-likeness (QED) is 0.711. The molecule has 1 unspecified atom stereocenters. The van der Waals surface area contributed by atoms with Crippen LogP contribution in [0.5, 0.6) is 0 Å². The fourth-order valence-corrected chi connectivity index (χ4v) is 3.52. The molecule has 0 radical (unpaired) electrons. The third-order valence-electron chi connectivity index (χ3n) is 4.47. The van der Waals surface area contributed by atoms with Crippen molar-refractivity contribution in [1.29, 1.82) is 0 Å². The van der Waals surface area contributed by atoms with Crippen LogP contribution in [0.4, 0.5) is 13.2 Å². The molecule has 2 rings (SSSR count). The summed E-state index contributed by atoms with van der Waals surface area (Å²) in [6, 6.07) is 0.435. The van der Waals surface area contributed by atoms with Crippen molar-refractivity contribution in [3.63, 3.8) is 0 Å². The van der Waals surface area contributed by atoms with Crippen LogP contribution < -0.4 is 0 Å². The summed E-state index contributed by atoms with van der Waals surface area (Å²) < 4.78 is 37.8. The van der Waals surface area contributed by atoms with Crippen molar-refractivity contribution >= 4 is 6.72 Å². The molecular formula is C13H21F3N2. The maximum atomic E-state index is 12.6. The van der Waals surface area contributed by atoms with Gasteiger partial charge in [-0.05, 0) is 51.2 Å². The van der Waals surface area contributed by atoms with Crippen LogP contribution in [0.2, 0.25) is 0 Å². The lowest BCUT2D eigenvalue weighted by Gasteiger charge is -2.36. The lowest BCUT2D eigenvalue weighted by atomic mass is 9.77. The van der Waals surface area contributed by atoms with E-state index < -0.39 is 12.1 Å². The first-order valence-corrected chi connectivity index (χ1v) is 6.75. The number of alkyl halides is 3. The molecular weight excluding hydrogens is 241 g/mol. The normalized spacial score (nSPS) is 34.7. The van der Waals surface area contributed by atoms with Crippen molar-refractivity contribution in [1.82, 2.24) is 4.90 Å². The average Bonchev–Trinajstić information content (AvgIpc) is 2.77. The van der Waals surface area contributed by atoms with Gasteiger partial charge in [0.1, 0.15) is 0 Å². The van der Waals surface area contributed by atoms with Crippen LogP contribution >= 0.6 is 0 Å². The third-order valence-corrected chi connectivity index (χ3v) is 4.47. The van der Waals surface area contributed by atoms with Crippen molar-refractivity contribution in [3.05, 3.63) is 0 Å². The Morgan fingerprint density at radius 3 is 2.33 bits per heavy atom. The Labute approximate surface area is 106 Å². The molecule has 0 spiro atoms. The fraction of sp³-hybridized carbons (Fsp3) is 0.923. The number of nitrogens with zero attached hydrogens (tertiary/aromatic N) is 2. The summed E-state index contributed by atoms with van der Waals surface area (Å²) in [4.78, 5) is 6.20. The van der Waals surface area contributed by atoms with E-state index in [0.29, 0.717) is 44.3 Å². The molecule has 1 aliphatic heterocycles. The Hall–Kier alpha value is -0.580. The zero-order valence-electron chi connectivity index (χ0n) is 10.6. The largest absolute Gasteiger partial charge is 0.391 e. The van der Waals surface area contributed by atoms with Gasteiger partial charge in [0.25, 0.3) is 0 Å². The molecule has 2 aliphatic rings. The topological polar surface area (TPSA) is 15.6 Å². The maximum Gasteiger partial charge on any atom is 0.391 e. The molecule has 1 saturated carbocycles. The molecule has 2 fully saturated rings. The van der Waals surface area contributed by atoms with E-state index in [2.05, 4.69) is 16.6 Å².